The van der Waals surface area contributed by atoms with Gasteiger partial charge in [0, 0.05) is 11.8 Å². The molecule has 1 aliphatic carbocycles. The lowest BCUT2D eigenvalue weighted by Gasteiger charge is -2.05. The summed E-state index contributed by atoms with van der Waals surface area (Å²) in [5.41, 5.74) is 1.58. The smallest absolute Gasteiger partial charge is 0.191 e. The van der Waals surface area contributed by atoms with E-state index >= 15 is 0 Å². The second-order valence-electron chi connectivity index (χ2n) is 4.14. The summed E-state index contributed by atoms with van der Waals surface area (Å²) in [6, 6.07) is 5.00. The number of nitrogens with one attached hydrogen (secondary N) is 1. The van der Waals surface area contributed by atoms with Crippen LogP contribution in [-0.4, -0.2) is 4.98 Å². The predicted octanol–water partition coefficient (Wildman–Crippen LogP) is 3.71. The maximum absolute atomic E-state index is 11.9. The Bertz CT molecular complexity index is 629. The van der Waals surface area contributed by atoms with Crippen LogP contribution in [0.1, 0.15) is 24.5 Å². The van der Waals surface area contributed by atoms with Crippen molar-refractivity contribution in [1.29, 1.82) is 0 Å². The first-order valence-corrected chi connectivity index (χ1v) is 5.93. The molecule has 3 rings (SSSR count). The summed E-state index contributed by atoms with van der Waals surface area (Å²) in [5, 5.41) is 1.47. The molecule has 1 heterocycles. The monoisotopic (exact) mass is 253 g/mol. The Balaban J connectivity index is 2.41. The first-order chi connectivity index (χ1) is 7.66. The molecule has 16 heavy (non-hydrogen) atoms. The van der Waals surface area contributed by atoms with E-state index in [1.807, 2.05) is 0 Å². The van der Waals surface area contributed by atoms with Crippen molar-refractivity contribution < 1.29 is 0 Å². The van der Waals surface area contributed by atoms with Crippen molar-refractivity contribution in [2.75, 3.05) is 0 Å². The van der Waals surface area contributed by atoms with Gasteiger partial charge in [-0.25, -0.2) is 0 Å². The molecule has 0 aliphatic heterocycles. The number of rotatable bonds is 1. The lowest BCUT2D eigenvalue weighted by molar-refractivity contribution is 1.04. The molecule has 0 unspecified atom stereocenters. The van der Waals surface area contributed by atoms with E-state index in [1.54, 1.807) is 18.2 Å². The summed E-state index contributed by atoms with van der Waals surface area (Å²) in [6.45, 7) is 0. The van der Waals surface area contributed by atoms with Crippen molar-refractivity contribution in [2.24, 2.45) is 0 Å². The zero-order valence-electron chi connectivity index (χ0n) is 8.39. The Kier molecular flexibility index (Phi) is 2.23. The number of aromatic nitrogens is 1. The fourth-order valence-electron chi connectivity index (χ4n) is 1.92. The maximum atomic E-state index is 11.9. The number of hydrogen-bond donors (Lipinski definition) is 1. The van der Waals surface area contributed by atoms with E-state index in [0.29, 0.717) is 26.9 Å². The summed E-state index contributed by atoms with van der Waals surface area (Å²) in [5.74, 6) is 0.493. The Hall–Kier alpha value is -0.990. The van der Waals surface area contributed by atoms with Gasteiger partial charge in [-0.1, -0.05) is 23.2 Å². The summed E-state index contributed by atoms with van der Waals surface area (Å²) < 4.78 is 0. The van der Waals surface area contributed by atoms with Crippen molar-refractivity contribution in [2.45, 2.75) is 18.8 Å². The fourth-order valence-corrected chi connectivity index (χ4v) is 2.38. The molecule has 0 atom stereocenters. The van der Waals surface area contributed by atoms with E-state index in [1.165, 1.54) is 0 Å². The number of pyridine rings is 1. The standard InChI is InChI=1S/C12H9Cl2NO/c13-7-3-4-8(14)12-11(7)10(16)5-9(15-12)6-1-2-6/h3-6H,1-2H2,(H,15,16). The number of aromatic amines is 1. The van der Waals surface area contributed by atoms with Crippen LogP contribution in [0.25, 0.3) is 10.9 Å². The predicted molar refractivity (Wildman–Crippen MR) is 66.6 cm³/mol. The highest BCUT2D eigenvalue weighted by molar-refractivity contribution is 6.39. The second kappa shape index (κ2) is 3.51. The molecule has 0 bridgehead atoms. The molecule has 2 aromatic rings. The molecule has 0 amide bonds. The van der Waals surface area contributed by atoms with Gasteiger partial charge in [0.05, 0.1) is 20.9 Å². The Labute approximate surface area is 102 Å². The van der Waals surface area contributed by atoms with Gasteiger partial charge in [-0.3, -0.25) is 4.79 Å². The van der Waals surface area contributed by atoms with Gasteiger partial charge >= 0.3 is 0 Å². The Morgan fingerprint density at radius 3 is 2.56 bits per heavy atom. The van der Waals surface area contributed by atoms with E-state index in [0.717, 1.165) is 18.5 Å². The minimum absolute atomic E-state index is 0.0526. The van der Waals surface area contributed by atoms with Gasteiger partial charge in [0.2, 0.25) is 0 Å². The number of benzene rings is 1. The summed E-state index contributed by atoms with van der Waals surface area (Å²) in [6.07, 6.45) is 2.28. The van der Waals surface area contributed by atoms with E-state index in [2.05, 4.69) is 4.98 Å². The minimum atomic E-state index is -0.0526. The second-order valence-corrected chi connectivity index (χ2v) is 4.96. The fraction of sp³-hybridized carbons (Fsp3) is 0.250. The maximum Gasteiger partial charge on any atom is 0.191 e. The number of halogens is 2. The van der Waals surface area contributed by atoms with Crippen LogP contribution in [0.2, 0.25) is 10.0 Å². The molecule has 1 aliphatic rings. The highest BCUT2D eigenvalue weighted by Crippen LogP contribution is 2.39. The van der Waals surface area contributed by atoms with E-state index in [4.69, 9.17) is 23.2 Å². The van der Waals surface area contributed by atoms with Crippen molar-refractivity contribution in [3.05, 3.63) is 44.2 Å². The molecule has 0 radical (unpaired) electrons. The average Bonchev–Trinajstić information content (AvgIpc) is 3.06. The van der Waals surface area contributed by atoms with Crippen LogP contribution in [-0.2, 0) is 0 Å². The number of hydrogen-bond acceptors (Lipinski definition) is 1. The van der Waals surface area contributed by atoms with Gasteiger partial charge in [-0.05, 0) is 30.9 Å². The molecule has 4 heteroatoms. The highest BCUT2D eigenvalue weighted by Gasteiger charge is 2.25. The molecule has 1 fully saturated rings. The van der Waals surface area contributed by atoms with Gasteiger partial charge in [0.15, 0.2) is 5.43 Å². The lowest BCUT2D eigenvalue weighted by atomic mass is 10.1. The van der Waals surface area contributed by atoms with Crippen LogP contribution in [0.4, 0.5) is 0 Å². The molecule has 1 N–H and O–H groups in total. The quantitative estimate of drug-likeness (QED) is 0.826. The largest absolute Gasteiger partial charge is 0.357 e. The van der Waals surface area contributed by atoms with Gasteiger partial charge in [-0.2, -0.15) is 0 Å². The zero-order valence-corrected chi connectivity index (χ0v) is 9.90. The van der Waals surface area contributed by atoms with Crippen LogP contribution >= 0.6 is 23.2 Å². The van der Waals surface area contributed by atoms with Crippen LogP contribution in [0.15, 0.2) is 23.0 Å². The van der Waals surface area contributed by atoms with Crippen LogP contribution in [0.5, 0.6) is 0 Å². The topological polar surface area (TPSA) is 32.9 Å². The third kappa shape index (κ3) is 1.53. The van der Waals surface area contributed by atoms with Crippen LogP contribution < -0.4 is 5.43 Å². The Morgan fingerprint density at radius 1 is 1.19 bits per heavy atom. The van der Waals surface area contributed by atoms with E-state index in [9.17, 15) is 4.79 Å². The SMILES string of the molecule is O=c1cc(C2CC2)[nH]c2c(Cl)ccc(Cl)c12. The lowest BCUT2D eigenvalue weighted by Crippen LogP contribution is -2.05. The van der Waals surface area contributed by atoms with Crippen molar-refractivity contribution in [1.82, 2.24) is 4.98 Å². The molecule has 82 valence electrons. The van der Waals surface area contributed by atoms with Crippen molar-refractivity contribution in [3.63, 3.8) is 0 Å². The molecule has 1 aromatic heterocycles. The minimum Gasteiger partial charge on any atom is -0.357 e. The van der Waals surface area contributed by atoms with Crippen molar-refractivity contribution >= 4 is 34.1 Å². The highest BCUT2D eigenvalue weighted by atomic mass is 35.5. The van der Waals surface area contributed by atoms with E-state index < -0.39 is 0 Å². The third-order valence-electron chi connectivity index (χ3n) is 2.92. The van der Waals surface area contributed by atoms with Crippen molar-refractivity contribution in [3.8, 4) is 0 Å². The summed E-state index contributed by atoms with van der Waals surface area (Å²) >= 11 is 12.1. The van der Waals surface area contributed by atoms with Gasteiger partial charge in [0.25, 0.3) is 0 Å². The van der Waals surface area contributed by atoms with Gasteiger partial charge < -0.3 is 4.98 Å². The van der Waals surface area contributed by atoms with Gasteiger partial charge in [0.1, 0.15) is 0 Å². The summed E-state index contributed by atoms with van der Waals surface area (Å²) in [7, 11) is 0. The number of H-pyrrole nitrogens is 1. The number of fused-ring (bicyclic) bond motifs is 1. The molecule has 0 spiro atoms. The molecule has 2 nitrogen and oxygen atoms in total. The molecule has 1 saturated carbocycles. The molecular formula is C12H9Cl2NO. The molecule has 1 aromatic carbocycles. The summed E-state index contributed by atoms with van der Waals surface area (Å²) in [4.78, 5) is 15.2. The molecular weight excluding hydrogens is 245 g/mol. The van der Waals surface area contributed by atoms with E-state index in [-0.39, 0.29) is 5.43 Å². The van der Waals surface area contributed by atoms with Gasteiger partial charge in [-0.15, -0.1) is 0 Å². The van der Waals surface area contributed by atoms with Crippen LogP contribution in [0, 0.1) is 0 Å². The Morgan fingerprint density at radius 2 is 1.88 bits per heavy atom. The third-order valence-corrected chi connectivity index (χ3v) is 3.55. The normalized spacial score (nSPS) is 15.6. The molecule has 0 saturated heterocycles. The average molecular weight is 254 g/mol. The first-order valence-electron chi connectivity index (χ1n) is 5.18. The first kappa shape index (κ1) is 10.2. The zero-order chi connectivity index (χ0) is 11.3. The van der Waals surface area contributed by atoms with Crippen LogP contribution in [0.3, 0.4) is 0 Å².